The summed E-state index contributed by atoms with van der Waals surface area (Å²) in [6.07, 6.45) is 2.74. The van der Waals surface area contributed by atoms with Crippen LogP contribution >= 0.6 is 21.6 Å². The predicted molar refractivity (Wildman–Crippen MR) is 254 cm³/mol. The van der Waals surface area contributed by atoms with Crippen LogP contribution in [0.1, 0.15) is 103 Å². The topological polar surface area (TPSA) is 331 Å². The molecule has 2 unspecified atom stereocenters. The summed E-state index contributed by atoms with van der Waals surface area (Å²) in [4.78, 5) is 125. The number of carbonyl (C=O) groups is 9. The highest BCUT2D eigenvalue weighted by Crippen LogP contribution is 2.48. The van der Waals surface area contributed by atoms with Crippen LogP contribution < -0.4 is 48.1 Å². The van der Waals surface area contributed by atoms with Gasteiger partial charge in [0.05, 0.1) is 19.6 Å². The molecular formula is C45H69N9O12S2. The molecule has 0 radical (unpaired) electrons. The lowest BCUT2D eigenvalue weighted by molar-refractivity contribution is -0.145. The third-order valence-electron chi connectivity index (χ3n) is 12.6. The number of carbonyl (C=O) groups excluding carboxylic acids is 8. The Morgan fingerprint density at radius 2 is 1.54 bits per heavy atom. The number of hydrogen-bond acceptors (Lipinski definition) is 14. The molecule has 9 atom stereocenters. The van der Waals surface area contributed by atoms with Gasteiger partial charge in [0.1, 0.15) is 48.0 Å². The Labute approximate surface area is 404 Å². The monoisotopic (exact) mass is 991 g/mol. The van der Waals surface area contributed by atoms with Crippen LogP contribution in [0.3, 0.4) is 0 Å². The van der Waals surface area contributed by atoms with E-state index in [2.05, 4.69) is 31.9 Å². The molecule has 68 heavy (non-hydrogen) atoms. The third kappa shape index (κ3) is 16.0. The summed E-state index contributed by atoms with van der Waals surface area (Å²) in [5.41, 5.74) is 11.8. The average molecular weight is 992 g/mol. The van der Waals surface area contributed by atoms with Crippen molar-refractivity contribution in [2.24, 2.45) is 17.4 Å². The smallest absolute Gasteiger partial charge is 0.326 e. The minimum absolute atomic E-state index is 0.0244. The van der Waals surface area contributed by atoms with E-state index in [4.69, 9.17) is 16.2 Å². The Balaban J connectivity index is 1.76. The molecule has 0 aromatic heterocycles. The molecule has 4 rings (SSSR count). The summed E-state index contributed by atoms with van der Waals surface area (Å²) in [5.74, 6) is -7.82. The molecule has 2 aliphatic heterocycles. The van der Waals surface area contributed by atoms with Crippen molar-refractivity contribution in [2.45, 2.75) is 157 Å². The number of likely N-dealkylation sites (tertiary alicyclic amines) is 1. The normalized spacial score (nSPS) is 25.9. The lowest BCUT2D eigenvalue weighted by atomic mass is 9.85. The molecule has 21 nitrogen and oxygen atoms in total. The van der Waals surface area contributed by atoms with Gasteiger partial charge in [-0.05, 0) is 75.6 Å². The van der Waals surface area contributed by atoms with E-state index in [1.165, 1.54) is 40.5 Å². The summed E-state index contributed by atoms with van der Waals surface area (Å²) in [7, 11) is 4.09. The number of rotatable bonds is 15. The zero-order valence-corrected chi connectivity index (χ0v) is 40.8. The largest absolute Gasteiger partial charge is 0.497 e. The second kappa shape index (κ2) is 26.6. The maximum absolute atomic E-state index is 14.6. The van der Waals surface area contributed by atoms with Crippen LogP contribution in [0.15, 0.2) is 24.3 Å². The Bertz CT molecular complexity index is 1950. The molecule has 23 heteroatoms. The number of carboxylic acid groups (broad SMARTS) is 1. The number of hydrogen-bond donors (Lipinski definition) is 10. The molecule has 12 N–H and O–H groups in total. The van der Waals surface area contributed by atoms with Crippen LogP contribution in [-0.4, -0.2) is 147 Å². The van der Waals surface area contributed by atoms with Crippen molar-refractivity contribution in [1.29, 1.82) is 0 Å². The first-order valence-electron chi connectivity index (χ1n) is 23.3. The highest BCUT2D eigenvalue weighted by molar-refractivity contribution is 8.77. The average Bonchev–Trinajstić information content (AvgIpc) is 3.80. The number of aliphatic hydroxyl groups is 1. The van der Waals surface area contributed by atoms with E-state index in [1.54, 1.807) is 38.1 Å². The molecule has 1 spiro atoms. The first-order valence-corrected chi connectivity index (χ1v) is 25.6. The number of amides is 8. The van der Waals surface area contributed by atoms with Gasteiger partial charge >= 0.3 is 5.97 Å². The quantitative estimate of drug-likeness (QED) is 0.101. The van der Waals surface area contributed by atoms with Crippen molar-refractivity contribution in [3.05, 3.63) is 29.8 Å². The molecule has 8 amide bonds. The lowest BCUT2D eigenvalue weighted by Crippen LogP contribution is -2.63. The molecule has 1 aromatic rings. The van der Waals surface area contributed by atoms with Gasteiger partial charge in [0.25, 0.3) is 0 Å². The minimum Gasteiger partial charge on any atom is -0.497 e. The summed E-state index contributed by atoms with van der Waals surface area (Å²) >= 11 is 0. The van der Waals surface area contributed by atoms with E-state index in [1.807, 2.05) is 0 Å². The van der Waals surface area contributed by atoms with Gasteiger partial charge in [-0.25, -0.2) is 4.79 Å². The van der Waals surface area contributed by atoms with Gasteiger partial charge < -0.3 is 63.2 Å². The molecule has 3 aliphatic rings. The summed E-state index contributed by atoms with van der Waals surface area (Å²) in [6.45, 7) is 5.00. The van der Waals surface area contributed by atoms with Gasteiger partial charge in [-0.3, -0.25) is 38.4 Å². The van der Waals surface area contributed by atoms with Gasteiger partial charge in [-0.1, -0.05) is 73.3 Å². The minimum atomic E-state index is -1.73. The van der Waals surface area contributed by atoms with Gasteiger partial charge in [0, 0.05) is 29.9 Å². The number of nitrogens with zero attached hydrogens (tertiary/aromatic N) is 1. The summed E-state index contributed by atoms with van der Waals surface area (Å²) < 4.78 is 4.61. The van der Waals surface area contributed by atoms with Crippen LogP contribution in [0.2, 0.25) is 0 Å². The number of nitrogens with two attached hydrogens (primary N) is 2. The zero-order chi connectivity index (χ0) is 50.1. The van der Waals surface area contributed by atoms with Crippen LogP contribution in [-0.2, 0) is 49.6 Å². The van der Waals surface area contributed by atoms with Crippen molar-refractivity contribution in [3.63, 3.8) is 0 Å². The standard InChI is InChI=1S/C45H69N9O12S2/c1-5-25(2)36-41(61)53-37(26(3)55)42(62)50-31(22-34(47)56)38(58)51-32(43(63)54-20-10-12-33(54)40(60)49-29(44(64)65)11-9-19-46)24-67-68-45(17-7-6-8-18-45)23-35(57)48-30(39(59)52-36)21-27-13-15-28(66-4)16-14-27/h13-16,25-26,29-33,36-37,55H,5-12,17-24,46H2,1-4H3,(H2,47,56)(H,48,57)(H,49,60)(H,50,62)(H,51,58)(H,52,59)(H,53,61)(H,64,65)/t25-,26+,29-,30?,31?,32-,33-,36-,37-/m0/s1. The van der Waals surface area contributed by atoms with E-state index < -0.39 is 119 Å². The molecule has 1 aromatic carbocycles. The molecular weight excluding hydrogens is 923 g/mol. The van der Waals surface area contributed by atoms with Crippen molar-refractivity contribution >= 4 is 74.8 Å². The predicted octanol–water partition coefficient (Wildman–Crippen LogP) is -0.249. The maximum atomic E-state index is 14.6. The SMILES string of the molecule is CC[C@H](C)[C@@H]1NC(=O)C(Cc2ccc(OC)cc2)NC(=O)CC2(CCCCC2)SSC[C@@H](C(=O)N2CCC[C@H]2C(=O)N[C@@H](CCCN)C(=O)O)NC(=O)C(CC(N)=O)NC(=O)[C@H]([C@@H](C)O)NC1=O. The van der Waals surface area contributed by atoms with Crippen LogP contribution in [0, 0.1) is 5.92 Å². The van der Waals surface area contributed by atoms with Gasteiger partial charge in [0.2, 0.25) is 47.3 Å². The molecule has 3 fully saturated rings. The van der Waals surface area contributed by atoms with Gasteiger partial charge in [-0.15, -0.1) is 0 Å². The first-order chi connectivity index (χ1) is 32.3. The fourth-order valence-electron chi connectivity index (χ4n) is 8.53. The van der Waals surface area contributed by atoms with Crippen LogP contribution in [0.25, 0.3) is 0 Å². The number of carboxylic acids is 1. The second-order valence-electron chi connectivity index (χ2n) is 17.9. The molecule has 1 aliphatic carbocycles. The Morgan fingerprint density at radius 3 is 2.15 bits per heavy atom. The highest BCUT2D eigenvalue weighted by atomic mass is 33.1. The number of methoxy groups -OCH3 is 1. The van der Waals surface area contributed by atoms with E-state index in [0.29, 0.717) is 43.4 Å². The Morgan fingerprint density at radius 1 is 0.897 bits per heavy atom. The lowest BCUT2D eigenvalue weighted by Gasteiger charge is -2.37. The highest BCUT2D eigenvalue weighted by Gasteiger charge is 2.42. The fourth-order valence-corrected chi connectivity index (χ4v) is 11.9. The van der Waals surface area contributed by atoms with Crippen LogP contribution in [0.4, 0.5) is 0 Å². The molecule has 378 valence electrons. The van der Waals surface area contributed by atoms with Crippen molar-refractivity contribution in [1.82, 2.24) is 36.8 Å². The van der Waals surface area contributed by atoms with Crippen molar-refractivity contribution in [3.8, 4) is 5.75 Å². The van der Waals surface area contributed by atoms with Crippen LogP contribution in [0.5, 0.6) is 5.75 Å². The summed E-state index contributed by atoms with van der Waals surface area (Å²) in [6, 6.07) is -2.69. The first kappa shape index (κ1) is 55.5. The molecule has 2 saturated heterocycles. The molecule has 2 heterocycles. The second-order valence-corrected chi connectivity index (χ2v) is 20.7. The van der Waals surface area contributed by atoms with E-state index in [0.717, 1.165) is 19.3 Å². The fraction of sp³-hybridized carbons (Fsp3) is 0.667. The Kier molecular flexibility index (Phi) is 21.7. The van der Waals surface area contributed by atoms with Crippen molar-refractivity contribution in [2.75, 3.05) is 26.0 Å². The van der Waals surface area contributed by atoms with E-state index in [-0.39, 0.29) is 44.5 Å². The molecule has 0 bridgehead atoms. The zero-order valence-electron chi connectivity index (χ0n) is 39.2. The van der Waals surface area contributed by atoms with E-state index in [9.17, 15) is 53.4 Å². The maximum Gasteiger partial charge on any atom is 0.326 e. The van der Waals surface area contributed by atoms with E-state index >= 15 is 0 Å². The number of nitrogens with one attached hydrogen (secondary N) is 6. The number of ether oxygens (including phenoxy) is 1. The van der Waals surface area contributed by atoms with Gasteiger partial charge in [-0.2, -0.15) is 0 Å². The summed E-state index contributed by atoms with van der Waals surface area (Å²) in [5, 5.41) is 36.4. The van der Waals surface area contributed by atoms with Crippen molar-refractivity contribution < 1.29 is 58.1 Å². The number of aliphatic hydroxyl groups excluding tert-OH is 1. The number of primary amides is 1. The number of aliphatic carboxylic acids is 1. The molecule has 1 saturated carbocycles. The third-order valence-corrected chi connectivity index (χ3v) is 15.9. The Hall–Kier alpha value is -5.13. The van der Waals surface area contributed by atoms with Gasteiger partial charge in [0.15, 0.2) is 0 Å². The number of benzene rings is 1.